The van der Waals surface area contributed by atoms with E-state index in [1.165, 1.54) is 22.7 Å². The maximum absolute atomic E-state index is 13.3. The van der Waals surface area contributed by atoms with Crippen molar-refractivity contribution in [1.82, 2.24) is 9.80 Å². The van der Waals surface area contributed by atoms with Gasteiger partial charge in [-0.05, 0) is 43.3 Å². The fourth-order valence-corrected chi connectivity index (χ4v) is 4.94. The fraction of sp³-hybridized carbons (Fsp3) is 0.381. The maximum atomic E-state index is 13.3. The van der Waals surface area contributed by atoms with E-state index in [1.54, 1.807) is 6.07 Å². The molecule has 4 rings (SSSR count). The number of hydrogen-bond acceptors (Lipinski definition) is 4. The Morgan fingerprint density at radius 3 is 2.37 bits per heavy atom. The van der Waals surface area contributed by atoms with Gasteiger partial charge in [-0.3, -0.25) is 4.90 Å². The molecule has 2 aliphatic heterocycles. The van der Waals surface area contributed by atoms with Crippen LogP contribution < -0.4 is 4.90 Å². The summed E-state index contributed by atoms with van der Waals surface area (Å²) in [6.45, 7) is 3.67. The highest BCUT2D eigenvalue weighted by Crippen LogP contribution is 2.49. The van der Waals surface area contributed by atoms with Crippen LogP contribution in [-0.4, -0.2) is 60.3 Å². The lowest BCUT2D eigenvalue weighted by Gasteiger charge is -2.35. The van der Waals surface area contributed by atoms with Gasteiger partial charge in [0.2, 0.25) is 0 Å². The zero-order valence-electron chi connectivity index (χ0n) is 16.2. The summed E-state index contributed by atoms with van der Waals surface area (Å²) in [6.07, 6.45) is -4.51. The highest BCUT2D eigenvalue weighted by molar-refractivity contribution is 7.99. The maximum Gasteiger partial charge on any atom is 0.416 e. The second-order valence-corrected chi connectivity index (χ2v) is 8.45. The summed E-state index contributed by atoms with van der Waals surface area (Å²) in [4.78, 5) is 18.5. The summed E-state index contributed by atoms with van der Waals surface area (Å²) in [7, 11) is 0. The second kappa shape index (κ2) is 8.39. The molecule has 0 saturated carbocycles. The van der Waals surface area contributed by atoms with Crippen LogP contribution in [0.15, 0.2) is 52.3 Å². The molecule has 5 nitrogen and oxygen atoms in total. The third kappa shape index (κ3) is 4.37. The van der Waals surface area contributed by atoms with Crippen molar-refractivity contribution in [2.24, 2.45) is 0 Å². The monoisotopic (exact) mass is 437 g/mol. The number of para-hydroxylation sites is 1. The number of benzene rings is 2. The Hall–Kier alpha value is -2.39. The van der Waals surface area contributed by atoms with Crippen LogP contribution in [0.4, 0.5) is 29.3 Å². The molecule has 1 fully saturated rings. The van der Waals surface area contributed by atoms with E-state index < -0.39 is 17.8 Å². The lowest BCUT2D eigenvalue weighted by molar-refractivity contribution is -0.137. The normalized spacial score (nSPS) is 16.9. The van der Waals surface area contributed by atoms with Gasteiger partial charge in [0.1, 0.15) is 0 Å². The van der Waals surface area contributed by atoms with Gasteiger partial charge in [0.05, 0.1) is 16.9 Å². The van der Waals surface area contributed by atoms with E-state index in [0.29, 0.717) is 38.4 Å². The van der Waals surface area contributed by atoms with Gasteiger partial charge in [0, 0.05) is 42.5 Å². The number of alkyl halides is 3. The largest absolute Gasteiger partial charge is 0.465 e. The molecule has 1 N–H and O–H groups in total. The first kappa shape index (κ1) is 20.9. The van der Waals surface area contributed by atoms with Crippen molar-refractivity contribution in [3.05, 3.63) is 48.0 Å². The van der Waals surface area contributed by atoms with E-state index in [0.717, 1.165) is 34.5 Å². The molecule has 2 heterocycles. The molecular formula is C21H22F3N3O2S. The summed E-state index contributed by atoms with van der Waals surface area (Å²) in [5.41, 5.74) is 0.866. The number of fused-ring (bicyclic) bond motifs is 2. The third-order valence-corrected chi connectivity index (χ3v) is 6.58. The average Bonchev–Trinajstić information content (AvgIpc) is 2.72. The van der Waals surface area contributed by atoms with Crippen molar-refractivity contribution in [3.63, 3.8) is 0 Å². The molecule has 160 valence electrons. The predicted molar refractivity (Wildman–Crippen MR) is 110 cm³/mol. The van der Waals surface area contributed by atoms with Crippen LogP contribution in [0.2, 0.25) is 0 Å². The average molecular weight is 437 g/mol. The molecule has 0 radical (unpaired) electrons. The molecule has 2 aromatic carbocycles. The molecule has 2 aromatic rings. The smallest absolute Gasteiger partial charge is 0.416 e. The molecule has 0 spiro atoms. The molecule has 1 amide bonds. The Morgan fingerprint density at radius 2 is 1.67 bits per heavy atom. The summed E-state index contributed by atoms with van der Waals surface area (Å²) in [6, 6.07) is 11.7. The highest BCUT2D eigenvalue weighted by Gasteiger charge is 2.33. The van der Waals surface area contributed by atoms with Crippen molar-refractivity contribution >= 4 is 29.2 Å². The van der Waals surface area contributed by atoms with Gasteiger partial charge in [-0.25, -0.2) is 4.79 Å². The van der Waals surface area contributed by atoms with Crippen LogP contribution in [0.3, 0.4) is 0 Å². The topological polar surface area (TPSA) is 47.0 Å². The molecule has 0 aliphatic carbocycles. The van der Waals surface area contributed by atoms with Crippen LogP contribution in [0.5, 0.6) is 0 Å². The molecule has 30 heavy (non-hydrogen) atoms. The Labute approximate surface area is 177 Å². The first-order valence-electron chi connectivity index (χ1n) is 9.79. The number of halogens is 3. The van der Waals surface area contributed by atoms with Crippen molar-refractivity contribution in [1.29, 1.82) is 0 Å². The molecule has 0 bridgehead atoms. The van der Waals surface area contributed by atoms with Crippen LogP contribution in [0.25, 0.3) is 0 Å². The lowest BCUT2D eigenvalue weighted by atomic mass is 10.1. The van der Waals surface area contributed by atoms with Gasteiger partial charge in [0.15, 0.2) is 0 Å². The number of anilines is 2. The SMILES string of the molecule is O=C(O)N1CCN(CCCN2c3ccccc3Sc3ccc(C(F)(F)F)cc32)CC1. The summed E-state index contributed by atoms with van der Waals surface area (Å²) in [5.74, 6) is 0. The minimum atomic E-state index is -4.38. The number of rotatable bonds is 4. The molecule has 9 heteroatoms. The number of amides is 1. The van der Waals surface area contributed by atoms with Gasteiger partial charge < -0.3 is 14.9 Å². The van der Waals surface area contributed by atoms with Gasteiger partial charge in [0.25, 0.3) is 0 Å². The standard InChI is InChI=1S/C21H22F3N3O2S/c22-21(23,24)15-6-7-19-17(14-15)27(16-4-1-2-5-18(16)30-19)9-3-8-25-10-12-26(13-11-25)20(28)29/h1-2,4-7,14H,3,8-13H2,(H,28,29). The Kier molecular flexibility index (Phi) is 5.84. The molecular weight excluding hydrogens is 415 g/mol. The van der Waals surface area contributed by atoms with Crippen molar-refractivity contribution in [2.45, 2.75) is 22.4 Å². The van der Waals surface area contributed by atoms with Crippen molar-refractivity contribution < 1.29 is 23.1 Å². The van der Waals surface area contributed by atoms with Gasteiger partial charge in [-0.1, -0.05) is 23.9 Å². The number of nitrogens with zero attached hydrogens (tertiary/aromatic N) is 3. The number of carbonyl (C=O) groups is 1. The van der Waals surface area contributed by atoms with Crippen LogP contribution in [0, 0.1) is 0 Å². The predicted octanol–water partition coefficient (Wildman–Crippen LogP) is 4.99. The fourth-order valence-electron chi connectivity index (χ4n) is 3.86. The molecule has 0 unspecified atom stereocenters. The zero-order valence-corrected chi connectivity index (χ0v) is 17.0. The summed E-state index contributed by atoms with van der Waals surface area (Å²) in [5, 5.41) is 9.06. The van der Waals surface area contributed by atoms with E-state index in [1.807, 2.05) is 29.2 Å². The van der Waals surface area contributed by atoms with Crippen molar-refractivity contribution in [3.8, 4) is 0 Å². The minimum absolute atomic E-state index is 0.482. The Morgan fingerprint density at radius 1 is 0.967 bits per heavy atom. The molecule has 0 atom stereocenters. The van der Waals surface area contributed by atoms with E-state index in [9.17, 15) is 18.0 Å². The van der Waals surface area contributed by atoms with E-state index in [2.05, 4.69) is 4.90 Å². The van der Waals surface area contributed by atoms with Gasteiger partial charge in [-0.2, -0.15) is 13.2 Å². The minimum Gasteiger partial charge on any atom is -0.465 e. The van der Waals surface area contributed by atoms with Gasteiger partial charge in [-0.15, -0.1) is 0 Å². The lowest BCUT2D eigenvalue weighted by Crippen LogP contribution is -2.48. The third-order valence-electron chi connectivity index (χ3n) is 5.45. The van der Waals surface area contributed by atoms with Crippen molar-refractivity contribution in [2.75, 3.05) is 44.2 Å². The molecule has 0 aromatic heterocycles. The van der Waals surface area contributed by atoms with Gasteiger partial charge >= 0.3 is 12.3 Å². The zero-order chi connectivity index (χ0) is 21.3. The van der Waals surface area contributed by atoms with E-state index in [4.69, 9.17) is 5.11 Å². The highest BCUT2D eigenvalue weighted by atomic mass is 32.2. The van der Waals surface area contributed by atoms with Crippen LogP contribution in [-0.2, 0) is 6.18 Å². The summed E-state index contributed by atoms with van der Waals surface area (Å²) < 4.78 is 39.9. The number of hydrogen-bond donors (Lipinski definition) is 1. The summed E-state index contributed by atoms with van der Waals surface area (Å²) >= 11 is 1.49. The number of piperazine rings is 1. The van der Waals surface area contributed by atoms with Crippen LogP contribution in [0.1, 0.15) is 12.0 Å². The quantitative estimate of drug-likeness (QED) is 0.730. The molecule has 2 aliphatic rings. The van der Waals surface area contributed by atoms with E-state index in [-0.39, 0.29) is 0 Å². The number of carboxylic acid groups (broad SMARTS) is 1. The first-order valence-corrected chi connectivity index (χ1v) is 10.6. The van der Waals surface area contributed by atoms with E-state index >= 15 is 0 Å². The van der Waals surface area contributed by atoms with Crippen LogP contribution >= 0.6 is 11.8 Å². The second-order valence-electron chi connectivity index (χ2n) is 7.37. The first-order chi connectivity index (χ1) is 14.3. The molecule has 1 saturated heterocycles. The Bertz CT molecular complexity index is 930. The Balaban J connectivity index is 1.49.